The van der Waals surface area contributed by atoms with Crippen molar-refractivity contribution < 1.29 is 13.5 Å². The minimum Gasteiger partial charge on any atom is -0.459 e. The largest absolute Gasteiger partial charge is 0.459 e. The number of rotatable bonds is 3. The van der Waals surface area contributed by atoms with Crippen LogP contribution in [0.4, 0.5) is 0 Å². The van der Waals surface area contributed by atoms with Gasteiger partial charge in [-0.05, 0) is 25.5 Å². The van der Waals surface area contributed by atoms with E-state index in [-0.39, 0.29) is 0 Å². The predicted molar refractivity (Wildman–Crippen MR) is 61.6 cm³/mol. The van der Waals surface area contributed by atoms with Gasteiger partial charge in [0.05, 0.1) is 17.5 Å². The van der Waals surface area contributed by atoms with Gasteiger partial charge in [0, 0.05) is 0 Å². The van der Waals surface area contributed by atoms with Crippen LogP contribution in [0.25, 0.3) is 23.0 Å². The van der Waals surface area contributed by atoms with E-state index in [0.29, 0.717) is 23.2 Å². The van der Waals surface area contributed by atoms with Crippen LogP contribution in [-0.4, -0.2) is 15.3 Å². The van der Waals surface area contributed by atoms with Crippen molar-refractivity contribution in [1.82, 2.24) is 15.3 Å². The van der Waals surface area contributed by atoms with E-state index in [1.54, 1.807) is 18.4 Å². The van der Waals surface area contributed by atoms with Crippen LogP contribution >= 0.6 is 0 Å². The van der Waals surface area contributed by atoms with Crippen molar-refractivity contribution in [3.05, 3.63) is 29.9 Å². The van der Waals surface area contributed by atoms with Gasteiger partial charge in [0.2, 0.25) is 5.82 Å². The third-order valence-electron chi connectivity index (χ3n) is 2.65. The Hall–Kier alpha value is -2.37. The first-order chi connectivity index (χ1) is 8.79. The van der Waals surface area contributed by atoms with E-state index in [1.165, 1.54) is 0 Å². The molecular weight excluding hydrogens is 234 g/mol. The van der Waals surface area contributed by atoms with Gasteiger partial charge in [0.15, 0.2) is 5.76 Å². The SMILES string of the molecule is CCc1noc(C)c1-c1noc(-c2ccco2)n1. The lowest BCUT2D eigenvalue weighted by atomic mass is 10.1. The molecule has 0 aliphatic rings. The van der Waals surface area contributed by atoms with E-state index in [4.69, 9.17) is 13.5 Å². The third-order valence-corrected chi connectivity index (χ3v) is 2.65. The maximum Gasteiger partial charge on any atom is 0.293 e. The van der Waals surface area contributed by atoms with Crippen LogP contribution in [0.1, 0.15) is 18.4 Å². The monoisotopic (exact) mass is 245 g/mol. The van der Waals surface area contributed by atoms with E-state index in [0.717, 1.165) is 17.7 Å². The van der Waals surface area contributed by atoms with Crippen molar-refractivity contribution in [2.45, 2.75) is 20.3 Å². The molecule has 0 unspecified atom stereocenters. The quantitative estimate of drug-likeness (QED) is 0.706. The van der Waals surface area contributed by atoms with Gasteiger partial charge in [-0.3, -0.25) is 0 Å². The fourth-order valence-electron chi connectivity index (χ4n) is 1.77. The van der Waals surface area contributed by atoms with Crippen molar-refractivity contribution in [2.24, 2.45) is 0 Å². The van der Waals surface area contributed by atoms with Crippen molar-refractivity contribution >= 4 is 0 Å². The Balaban J connectivity index is 2.05. The van der Waals surface area contributed by atoms with Crippen LogP contribution in [0.15, 0.2) is 31.9 Å². The maximum absolute atomic E-state index is 5.20. The van der Waals surface area contributed by atoms with Crippen molar-refractivity contribution in [3.63, 3.8) is 0 Å². The lowest BCUT2D eigenvalue weighted by molar-refractivity contribution is 0.391. The van der Waals surface area contributed by atoms with Crippen LogP contribution in [0.3, 0.4) is 0 Å². The average molecular weight is 245 g/mol. The molecule has 3 heterocycles. The number of hydrogen-bond donors (Lipinski definition) is 0. The van der Waals surface area contributed by atoms with Crippen molar-refractivity contribution in [1.29, 1.82) is 0 Å². The summed E-state index contributed by atoms with van der Waals surface area (Å²) in [7, 11) is 0. The summed E-state index contributed by atoms with van der Waals surface area (Å²) in [6, 6.07) is 3.53. The summed E-state index contributed by atoms with van der Waals surface area (Å²) in [5, 5.41) is 7.90. The van der Waals surface area contributed by atoms with E-state index >= 15 is 0 Å². The van der Waals surface area contributed by atoms with Gasteiger partial charge >= 0.3 is 0 Å². The van der Waals surface area contributed by atoms with Gasteiger partial charge in [-0.1, -0.05) is 17.2 Å². The first kappa shape index (κ1) is 10.8. The van der Waals surface area contributed by atoms with Crippen LogP contribution < -0.4 is 0 Å². The minimum atomic E-state index is 0.345. The summed E-state index contributed by atoms with van der Waals surface area (Å²) >= 11 is 0. The molecule has 0 aromatic carbocycles. The van der Waals surface area contributed by atoms with Gasteiger partial charge in [-0.25, -0.2) is 0 Å². The molecule has 92 valence electrons. The van der Waals surface area contributed by atoms with E-state index < -0.39 is 0 Å². The van der Waals surface area contributed by atoms with Gasteiger partial charge in [-0.2, -0.15) is 4.98 Å². The summed E-state index contributed by atoms with van der Waals surface area (Å²) in [6.07, 6.45) is 2.30. The third kappa shape index (κ3) is 1.62. The summed E-state index contributed by atoms with van der Waals surface area (Å²) in [5.74, 6) is 2.04. The smallest absolute Gasteiger partial charge is 0.293 e. The first-order valence-corrected chi connectivity index (χ1v) is 5.62. The number of hydrogen-bond acceptors (Lipinski definition) is 6. The molecule has 0 fully saturated rings. The zero-order valence-electron chi connectivity index (χ0n) is 10.0. The molecule has 3 aromatic rings. The lowest BCUT2D eigenvalue weighted by Crippen LogP contribution is -1.88. The molecule has 0 atom stereocenters. The molecule has 3 aromatic heterocycles. The van der Waals surface area contributed by atoms with E-state index in [1.807, 2.05) is 13.8 Å². The molecule has 0 aliphatic carbocycles. The van der Waals surface area contributed by atoms with Gasteiger partial charge in [0.1, 0.15) is 5.76 Å². The molecule has 6 nitrogen and oxygen atoms in total. The highest BCUT2D eigenvalue weighted by Gasteiger charge is 2.20. The topological polar surface area (TPSA) is 78.1 Å². The molecule has 6 heteroatoms. The van der Waals surface area contributed by atoms with E-state index in [2.05, 4.69) is 15.3 Å². The van der Waals surface area contributed by atoms with Gasteiger partial charge < -0.3 is 13.5 Å². The Labute approximate surface area is 103 Å². The molecule has 0 saturated heterocycles. The fourth-order valence-corrected chi connectivity index (χ4v) is 1.77. The highest BCUT2D eigenvalue weighted by atomic mass is 16.5. The second-order valence-electron chi connectivity index (χ2n) is 3.81. The van der Waals surface area contributed by atoms with Gasteiger partial charge in [-0.15, -0.1) is 0 Å². The Morgan fingerprint density at radius 2 is 2.11 bits per heavy atom. The van der Waals surface area contributed by atoms with Crippen molar-refractivity contribution in [2.75, 3.05) is 0 Å². The zero-order valence-corrected chi connectivity index (χ0v) is 10.0. The highest BCUT2D eigenvalue weighted by molar-refractivity contribution is 5.61. The fraction of sp³-hybridized carbons (Fsp3) is 0.250. The number of aromatic nitrogens is 3. The number of nitrogens with zero attached hydrogens (tertiary/aromatic N) is 3. The maximum atomic E-state index is 5.20. The van der Waals surface area contributed by atoms with Crippen LogP contribution in [0, 0.1) is 6.92 Å². The van der Waals surface area contributed by atoms with Crippen LogP contribution in [0.2, 0.25) is 0 Å². The van der Waals surface area contributed by atoms with Crippen LogP contribution in [-0.2, 0) is 6.42 Å². The molecule has 0 N–H and O–H groups in total. The summed E-state index contributed by atoms with van der Waals surface area (Å²) in [6.45, 7) is 3.82. The highest BCUT2D eigenvalue weighted by Crippen LogP contribution is 2.27. The molecule has 18 heavy (non-hydrogen) atoms. The molecule has 0 amide bonds. The second-order valence-corrected chi connectivity index (χ2v) is 3.81. The van der Waals surface area contributed by atoms with Crippen molar-refractivity contribution in [3.8, 4) is 23.0 Å². The Morgan fingerprint density at radius 3 is 2.83 bits per heavy atom. The number of furan rings is 1. The summed E-state index contributed by atoms with van der Waals surface area (Å²) in [4.78, 5) is 4.29. The van der Waals surface area contributed by atoms with Gasteiger partial charge in [0.25, 0.3) is 5.89 Å². The Morgan fingerprint density at radius 1 is 1.22 bits per heavy atom. The number of aryl methyl sites for hydroxylation is 2. The average Bonchev–Trinajstić information content (AvgIpc) is 3.07. The normalized spacial score (nSPS) is 11.0. The summed E-state index contributed by atoms with van der Waals surface area (Å²) in [5.41, 5.74) is 1.61. The van der Waals surface area contributed by atoms with Crippen LogP contribution in [0.5, 0.6) is 0 Å². The first-order valence-electron chi connectivity index (χ1n) is 5.62. The molecule has 0 radical (unpaired) electrons. The van der Waals surface area contributed by atoms with E-state index in [9.17, 15) is 0 Å². The molecule has 3 rings (SSSR count). The standard InChI is InChI=1S/C12H11N3O3/c1-3-8-10(7(2)17-14-8)11-13-12(18-15-11)9-5-4-6-16-9/h4-6H,3H2,1-2H3. The Bertz CT molecular complexity index is 652. The minimum absolute atomic E-state index is 0.345. The molecule has 0 aliphatic heterocycles. The lowest BCUT2D eigenvalue weighted by Gasteiger charge is -1.91. The predicted octanol–water partition coefficient (Wildman–Crippen LogP) is 2.86. The zero-order chi connectivity index (χ0) is 12.5. The molecule has 0 spiro atoms. The Kier molecular flexibility index (Phi) is 2.47. The molecule has 0 bridgehead atoms. The molecular formula is C12H11N3O3. The summed E-state index contributed by atoms with van der Waals surface area (Å²) < 4.78 is 15.5. The molecule has 0 saturated carbocycles. The second kappa shape index (κ2) is 4.14.